The lowest BCUT2D eigenvalue weighted by atomic mass is 10.0. The Bertz CT molecular complexity index is 481. The second-order valence-corrected chi connectivity index (χ2v) is 8.32. The van der Waals surface area contributed by atoms with Crippen LogP contribution in [0.15, 0.2) is 30.6 Å². The van der Waals surface area contributed by atoms with Gasteiger partial charge in [-0.2, -0.15) is 4.57 Å². The maximum atomic E-state index is 12.2. The fraction of sp³-hybridized carbons (Fsp3) is 0.760. The lowest BCUT2D eigenvalue weighted by Crippen LogP contribution is -3.00. The maximum absolute atomic E-state index is 12.2. The average Bonchev–Trinajstić information content (AvgIpc) is 2.71. The van der Waals surface area contributed by atoms with Crippen molar-refractivity contribution in [3.05, 3.63) is 30.6 Å². The molecule has 0 saturated heterocycles. The van der Waals surface area contributed by atoms with Crippen LogP contribution in [-0.2, 0) is 11.5 Å². The van der Waals surface area contributed by atoms with Crippen molar-refractivity contribution in [2.24, 2.45) is 0 Å². The summed E-state index contributed by atoms with van der Waals surface area (Å²) in [6.45, 7) is 2.92. The minimum Gasteiger partial charge on any atom is -1.00 e. The van der Waals surface area contributed by atoms with Gasteiger partial charge in [-0.1, -0.05) is 103 Å². The van der Waals surface area contributed by atoms with Crippen molar-refractivity contribution in [2.75, 3.05) is 7.05 Å². The number of pyridine rings is 1. The number of hydrogen-bond acceptors (Lipinski definition) is 1. The van der Waals surface area contributed by atoms with Crippen molar-refractivity contribution in [1.82, 2.24) is 4.90 Å². The van der Waals surface area contributed by atoms with E-state index in [-0.39, 0.29) is 18.3 Å². The third-order valence-corrected chi connectivity index (χ3v) is 5.57. The number of aromatic nitrogens is 1. The molecule has 168 valence electrons. The van der Waals surface area contributed by atoms with Crippen molar-refractivity contribution in [1.29, 1.82) is 0 Å². The topological polar surface area (TPSA) is 24.2 Å². The molecule has 4 heteroatoms. The first-order valence-electron chi connectivity index (χ1n) is 11.9. The molecule has 3 nitrogen and oxygen atoms in total. The number of amides is 1. The fourth-order valence-corrected chi connectivity index (χ4v) is 3.69. The smallest absolute Gasteiger partial charge is 0.227 e. The largest absolute Gasteiger partial charge is 1.00 e. The monoisotopic (exact) mass is 424 g/mol. The molecular formula is C25H45ClN2O. The van der Waals surface area contributed by atoms with E-state index in [9.17, 15) is 4.79 Å². The minimum absolute atomic E-state index is 0. The Labute approximate surface area is 186 Å². The zero-order chi connectivity index (χ0) is 20.3. The lowest BCUT2D eigenvalue weighted by Gasteiger charge is -2.13. The molecule has 0 N–H and O–H groups in total. The van der Waals surface area contributed by atoms with Gasteiger partial charge in [-0.25, -0.2) is 0 Å². The second-order valence-electron chi connectivity index (χ2n) is 8.32. The Morgan fingerprint density at radius 1 is 0.690 bits per heavy atom. The predicted molar refractivity (Wildman–Crippen MR) is 119 cm³/mol. The highest BCUT2D eigenvalue weighted by molar-refractivity contribution is 5.75. The third kappa shape index (κ3) is 16.4. The average molecular weight is 425 g/mol. The molecule has 1 amide bonds. The fourth-order valence-electron chi connectivity index (χ4n) is 3.69. The summed E-state index contributed by atoms with van der Waals surface area (Å²) in [5.74, 6) is 0.256. The molecule has 0 radical (unpaired) electrons. The molecule has 0 aliphatic rings. The van der Waals surface area contributed by atoms with E-state index in [1.807, 2.05) is 47.1 Å². The third-order valence-electron chi connectivity index (χ3n) is 5.57. The molecule has 1 aromatic rings. The van der Waals surface area contributed by atoms with Gasteiger partial charge in [-0.15, -0.1) is 0 Å². The van der Waals surface area contributed by atoms with Crippen molar-refractivity contribution in [3.63, 3.8) is 0 Å². The van der Waals surface area contributed by atoms with Crippen LogP contribution in [0.3, 0.4) is 0 Å². The Balaban J connectivity index is 0.00000784. The molecule has 0 unspecified atom stereocenters. The van der Waals surface area contributed by atoms with Crippen LogP contribution in [0.5, 0.6) is 0 Å². The minimum atomic E-state index is 0. The molecule has 0 aliphatic heterocycles. The van der Waals surface area contributed by atoms with Crippen molar-refractivity contribution in [2.45, 2.75) is 116 Å². The van der Waals surface area contributed by atoms with Crippen molar-refractivity contribution in [3.8, 4) is 0 Å². The Morgan fingerprint density at radius 3 is 1.55 bits per heavy atom. The van der Waals surface area contributed by atoms with Gasteiger partial charge in [-0.05, 0) is 6.42 Å². The number of hydrogen-bond donors (Lipinski definition) is 0. The quantitative estimate of drug-likeness (QED) is 0.260. The first-order valence-corrected chi connectivity index (χ1v) is 11.9. The van der Waals surface area contributed by atoms with E-state index in [2.05, 4.69) is 6.92 Å². The van der Waals surface area contributed by atoms with E-state index in [0.29, 0.717) is 13.1 Å². The first-order chi connectivity index (χ1) is 13.7. The van der Waals surface area contributed by atoms with Gasteiger partial charge in [0.15, 0.2) is 12.4 Å². The molecule has 0 fully saturated rings. The van der Waals surface area contributed by atoms with Gasteiger partial charge < -0.3 is 12.4 Å². The highest BCUT2D eigenvalue weighted by Gasteiger charge is 2.11. The van der Waals surface area contributed by atoms with E-state index >= 15 is 0 Å². The van der Waals surface area contributed by atoms with Crippen LogP contribution in [0, 0.1) is 0 Å². The van der Waals surface area contributed by atoms with Crippen molar-refractivity contribution >= 4 is 5.91 Å². The highest BCUT2D eigenvalue weighted by Crippen LogP contribution is 2.13. The molecule has 0 aliphatic carbocycles. The normalized spacial score (nSPS) is 10.6. The molecule has 0 saturated carbocycles. The molecular weight excluding hydrogens is 380 g/mol. The summed E-state index contributed by atoms with van der Waals surface area (Å²) in [7, 11) is 1.90. The zero-order valence-corrected chi connectivity index (χ0v) is 19.8. The Morgan fingerprint density at radius 2 is 1.10 bits per heavy atom. The number of rotatable bonds is 18. The SMILES string of the molecule is CCCCCCCCCCCCCCCCCC(=O)N(C)C[n+]1ccccc1.[Cl-]. The van der Waals surface area contributed by atoms with Gasteiger partial charge in [0, 0.05) is 25.6 Å². The van der Waals surface area contributed by atoms with Gasteiger partial charge in [0.2, 0.25) is 12.6 Å². The van der Waals surface area contributed by atoms with Crippen molar-refractivity contribution < 1.29 is 21.8 Å². The number of carbonyl (C=O) groups excluding carboxylic acids is 1. The predicted octanol–water partition coefficient (Wildman–Crippen LogP) is 3.66. The Hall–Kier alpha value is -1.09. The van der Waals surface area contributed by atoms with E-state index in [0.717, 1.165) is 6.42 Å². The lowest BCUT2D eigenvalue weighted by molar-refractivity contribution is -0.712. The molecule has 1 heterocycles. The molecule has 1 rings (SSSR count). The van der Waals surface area contributed by atoms with Crippen LogP contribution < -0.4 is 17.0 Å². The van der Waals surface area contributed by atoms with Gasteiger partial charge in [0.25, 0.3) is 0 Å². The zero-order valence-electron chi connectivity index (χ0n) is 19.1. The van der Waals surface area contributed by atoms with E-state index < -0.39 is 0 Å². The molecule has 1 aromatic heterocycles. The van der Waals surface area contributed by atoms with Gasteiger partial charge >= 0.3 is 0 Å². The molecule has 0 atom stereocenters. The van der Waals surface area contributed by atoms with Crippen LogP contribution in [0.1, 0.15) is 110 Å². The van der Waals surface area contributed by atoms with E-state index in [4.69, 9.17) is 0 Å². The van der Waals surface area contributed by atoms with Crippen LogP contribution in [0.25, 0.3) is 0 Å². The highest BCUT2D eigenvalue weighted by atomic mass is 35.5. The molecule has 29 heavy (non-hydrogen) atoms. The van der Waals surface area contributed by atoms with E-state index in [1.165, 1.54) is 89.9 Å². The number of nitrogens with zero attached hydrogens (tertiary/aromatic N) is 2. The summed E-state index contributed by atoms with van der Waals surface area (Å²) < 4.78 is 2.03. The van der Waals surface area contributed by atoms with Crippen LogP contribution in [0.2, 0.25) is 0 Å². The first kappa shape index (κ1) is 27.9. The molecule has 0 bridgehead atoms. The maximum Gasteiger partial charge on any atom is 0.227 e. The van der Waals surface area contributed by atoms with Crippen LogP contribution in [-0.4, -0.2) is 17.9 Å². The Kier molecular flexibility index (Phi) is 19.4. The summed E-state index contributed by atoms with van der Waals surface area (Å²) in [5, 5.41) is 0. The summed E-state index contributed by atoms with van der Waals surface area (Å²) in [5.41, 5.74) is 0. The van der Waals surface area contributed by atoms with E-state index in [1.54, 1.807) is 0 Å². The number of halogens is 1. The second kappa shape index (κ2) is 20.2. The van der Waals surface area contributed by atoms with Crippen LogP contribution >= 0.6 is 0 Å². The molecule has 0 spiro atoms. The summed E-state index contributed by atoms with van der Waals surface area (Å²) in [6.07, 6.45) is 25.1. The van der Waals surface area contributed by atoms with Crippen LogP contribution in [0.4, 0.5) is 0 Å². The summed E-state index contributed by atoms with van der Waals surface area (Å²) in [6, 6.07) is 5.98. The van der Waals surface area contributed by atoms with Gasteiger partial charge in [-0.3, -0.25) is 9.69 Å². The summed E-state index contributed by atoms with van der Waals surface area (Å²) in [4.78, 5) is 14.0. The molecule has 0 aromatic carbocycles. The van der Waals surface area contributed by atoms with Gasteiger partial charge in [0.05, 0.1) is 0 Å². The number of carbonyl (C=O) groups is 1. The number of unbranched alkanes of at least 4 members (excludes halogenated alkanes) is 14. The standard InChI is InChI=1S/C25H45N2O.ClH/c1-3-4-5-6-7-8-9-10-11-12-13-14-15-16-18-21-25(28)26(2)24-27-22-19-17-20-23-27;/h17,19-20,22-23H,3-16,18,21,24H2,1-2H3;1H/q+1;/p-1. The summed E-state index contributed by atoms with van der Waals surface area (Å²) >= 11 is 0. The van der Waals surface area contributed by atoms with Gasteiger partial charge in [0.1, 0.15) is 0 Å².